The number of aliphatic hydroxyl groups excluding tert-OH is 2. The number of carbonyl (C=O) groups excluding carboxylic acids is 2. The Bertz CT molecular complexity index is 852. The summed E-state index contributed by atoms with van der Waals surface area (Å²) in [5.74, 6) is -2.31. The molecule has 1 aliphatic heterocycles. The van der Waals surface area contributed by atoms with Crippen LogP contribution in [0, 0.1) is 11.2 Å². The molecule has 11 nitrogen and oxygen atoms in total. The maximum Gasteiger partial charge on any atom is 0.412 e. The molecular formula is C18H26FN3O8S. The van der Waals surface area contributed by atoms with Crippen LogP contribution in [0.2, 0.25) is 0 Å². The Morgan fingerprint density at radius 1 is 1.55 bits per heavy atom. The predicted octanol–water partition coefficient (Wildman–Crippen LogP) is 1.20. The fourth-order valence-corrected chi connectivity index (χ4v) is 3.27. The van der Waals surface area contributed by atoms with Crippen molar-refractivity contribution in [2.75, 3.05) is 24.3 Å². The standard InChI is InChI=1S/C18H26FN3O8S/c1-4-5-6-28-16(27)21-13-11(19)7-22(15(26)20-13)12-8-31-17(29-12)30-14(25)18(3,9-23)10(2)24/h7,10,12,17,23-24H,4-6,8-9H2,1-3H3,(H,20,21,26,27)/t10?,12-,17+,18?/m1/s1. The SMILES string of the molecule is CCCCOC(=O)Nc1nc(=O)n([C@H]2CS[C@H](OC(=O)C(C)(CO)C(C)O)O2)cc1F. The Morgan fingerprint density at radius 3 is 2.87 bits per heavy atom. The number of halogens is 1. The zero-order chi connectivity index (χ0) is 23.2. The summed E-state index contributed by atoms with van der Waals surface area (Å²) in [6.45, 7) is 4.09. The van der Waals surface area contributed by atoms with Gasteiger partial charge in [-0.1, -0.05) is 25.1 Å². The molecule has 0 saturated carbocycles. The van der Waals surface area contributed by atoms with E-state index in [-0.39, 0.29) is 12.4 Å². The molecule has 1 fully saturated rings. The number of nitrogens with one attached hydrogen (secondary N) is 1. The first-order valence-corrected chi connectivity index (χ1v) is 10.7. The number of aliphatic hydroxyl groups is 2. The number of unbranched alkanes of at least 4 members (excludes halogenated alkanes) is 1. The second-order valence-corrected chi connectivity index (χ2v) is 8.16. The van der Waals surface area contributed by atoms with Crippen molar-refractivity contribution in [2.45, 2.75) is 51.6 Å². The number of ether oxygens (including phenoxy) is 3. The summed E-state index contributed by atoms with van der Waals surface area (Å²) in [6, 6.07) is 0. The molecule has 1 amide bonds. The van der Waals surface area contributed by atoms with Crippen LogP contribution in [0.4, 0.5) is 15.0 Å². The lowest BCUT2D eigenvalue weighted by atomic mass is 9.86. The molecule has 1 saturated heterocycles. The number of esters is 1. The minimum Gasteiger partial charge on any atom is -0.449 e. The third-order valence-electron chi connectivity index (χ3n) is 4.73. The van der Waals surface area contributed by atoms with Crippen molar-refractivity contribution < 1.29 is 38.4 Å². The maximum atomic E-state index is 14.3. The van der Waals surface area contributed by atoms with Gasteiger partial charge in [0.25, 0.3) is 5.62 Å². The molecule has 4 atom stereocenters. The summed E-state index contributed by atoms with van der Waals surface area (Å²) in [4.78, 5) is 39.7. The summed E-state index contributed by atoms with van der Waals surface area (Å²) < 4.78 is 30.7. The first kappa shape index (κ1) is 25.0. The van der Waals surface area contributed by atoms with E-state index in [2.05, 4.69) is 10.3 Å². The number of hydrogen-bond acceptors (Lipinski definition) is 10. The van der Waals surface area contributed by atoms with E-state index >= 15 is 0 Å². The maximum absolute atomic E-state index is 14.3. The van der Waals surface area contributed by atoms with Crippen molar-refractivity contribution in [3.8, 4) is 0 Å². The van der Waals surface area contributed by atoms with E-state index in [9.17, 15) is 29.0 Å². The van der Waals surface area contributed by atoms with Crippen LogP contribution in [0.3, 0.4) is 0 Å². The Hall–Kier alpha value is -2.22. The van der Waals surface area contributed by atoms with Gasteiger partial charge in [-0.2, -0.15) is 4.98 Å². The highest BCUT2D eigenvalue weighted by molar-refractivity contribution is 7.99. The van der Waals surface area contributed by atoms with Gasteiger partial charge in [0.15, 0.2) is 17.9 Å². The van der Waals surface area contributed by atoms with Gasteiger partial charge in [-0.05, 0) is 20.3 Å². The second kappa shape index (κ2) is 10.9. The number of aromatic nitrogens is 2. The van der Waals surface area contributed by atoms with Crippen molar-refractivity contribution in [1.29, 1.82) is 0 Å². The van der Waals surface area contributed by atoms with Gasteiger partial charge in [0, 0.05) is 5.75 Å². The first-order chi connectivity index (χ1) is 14.6. The molecule has 31 heavy (non-hydrogen) atoms. The van der Waals surface area contributed by atoms with E-state index < -0.39 is 59.4 Å². The summed E-state index contributed by atoms with van der Waals surface area (Å²) in [6.07, 6.45) is -0.829. The van der Waals surface area contributed by atoms with Crippen molar-refractivity contribution in [1.82, 2.24) is 9.55 Å². The molecule has 1 aliphatic rings. The van der Waals surface area contributed by atoms with E-state index in [0.29, 0.717) is 6.42 Å². The van der Waals surface area contributed by atoms with E-state index in [1.807, 2.05) is 6.92 Å². The molecule has 0 bridgehead atoms. The van der Waals surface area contributed by atoms with Crippen LogP contribution in [0.15, 0.2) is 11.0 Å². The highest BCUT2D eigenvalue weighted by Gasteiger charge is 2.42. The van der Waals surface area contributed by atoms with E-state index in [4.69, 9.17) is 14.2 Å². The third kappa shape index (κ3) is 6.15. The van der Waals surface area contributed by atoms with Crippen LogP contribution in [-0.4, -0.2) is 62.5 Å². The Kier molecular flexibility index (Phi) is 8.79. The molecule has 0 radical (unpaired) electrons. The van der Waals surface area contributed by atoms with Crippen molar-refractivity contribution in [3.05, 3.63) is 22.5 Å². The number of anilines is 1. The zero-order valence-electron chi connectivity index (χ0n) is 17.4. The van der Waals surface area contributed by atoms with Crippen LogP contribution >= 0.6 is 11.8 Å². The minimum absolute atomic E-state index is 0.134. The van der Waals surface area contributed by atoms with Crippen LogP contribution in [-0.2, 0) is 19.0 Å². The predicted molar refractivity (Wildman–Crippen MR) is 108 cm³/mol. The monoisotopic (exact) mass is 463 g/mol. The highest BCUT2D eigenvalue weighted by Crippen LogP contribution is 2.34. The van der Waals surface area contributed by atoms with Crippen molar-refractivity contribution >= 4 is 29.6 Å². The third-order valence-corrected chi connectivity index (χ3v) is 5.69. The summed E-state index contributed by atoms with van der Waals surface area (Å²) in [7, 11) is 0. The molecule has 0 aromatic carbocycles. The van der Waals surface area contributed by atoms with Crippen molar-refractivity contribution in [2.24, 2.45) is 5.41 Å². The number of carbonyl (C=O) groups is 2. The van der Waals surface area contributed by atoms with Gasteiger partial charge in [-0.25, -0.2) is 14.0 Å². The van der Waals surface area contributed by atoms with Crippen LogP contribution < -0.4 is 11.0 Å². The van der Waals surface area contributed by atoms with Crippen molar-refractivity contribution in [3.63, 3.8) is 0 Å². The molecule has 174 valence electrons. The zero-order valence-corrected chi connectivity index (χ0v) is 18.2. The van der Waals surface area contributed by atoms with Crippen LogP contribution in [0.25, 0.3) is 0 Å². The van der Waals surface area contributed by atoms with E-state index in [1.165, 1.54) is 13.8 Å². The molecule has 2 rings (SSSR count). The average Bonchev–Trinajstić information content (AvgIpc) is 3.17. The molecule has 1 aromatic heterocycles. The fraction of sp³-hybridized carbons (Fsp3) is 0.667. The van der Waals surface area contributed by atoms with Gasteiger partial charge in [-0.15, -0.1) is 0 Å². The van der Waals surface area contributed by atoms with Crippen LogP contribution in [0.1, 0.15) is 39.8 Å². The number of rotatable bonds is 9. The summed E-state index contributed by atoms with van der Waals surface area (Å²) >= 11 is 1.02. The second-order valence-electron chi connectivity index (χ2n) is 7.11. The first-order valence-electron chi connectivity index (χ1n) is 9.62. The quantitative estimate of drug-likeness (QED) is 0.360. The van der Waals surface area contributed by atoms with Gasteiger partial charge in [0.1, 0.15) is 5.41 Å². The topological polar surface area (TPSA) is 149 Å². The van der Waals surface area contributed by atoms with E-state index in [1.54, 1.807) is 0 Å². The Balaban J connectivity index is 2.03. The molecule has 0 spiro atoms. The number of hydrogen-bond donors (Lipinski definition) is 3. The lowest BCUT2D eigenvalue weighted by molar-refractivity contribution is -0.187. The fourth-order valence-electron chi connectivity index (χ4n) is 2.35. The average molecular weight is 463 g/mol. The smallest absolute Gasteiger partial charge is 0.412 e. The van der Waals surface area contributed by atoms with Crippen LogP contribution in [0.5, 0.6) is 0 Å². The molecule has 13 heteroatoms. The highest BCUT2D eigenvalue weighted by atomic mass is 32.2. The van der Waals surface area contributed by atoms with Gasteiger partial charge >= 0.3 is 17.8 Å². The Labute approximate surface area is 181 Å². The normalized spacial score (nSPS) is 21.2. The largest absolute Gasteiger partial charge is 0.449 e. The molecule has 3 N–H and O–H groups in total. The van der Waals surface area contributed by atoms with Gasteiger partial charge in [0.05, 0.1) is 25.5 Å². The summed E-state index contributed by atoms with van der Waals surface area (Å²) in [5, 5.41) is 21.2. The number of nitrogens with zero attached hydrogens (tertiary/aromatic N) is 2. The lowest BCUT2D eigenvalue weighted by Crippen LogP contribution is -2.43. The molecule has 0 aliphatic carbocycles. The Morgan fingerprint density at radius 2 is 2.26 bits per heavy atom. The molecule has 2 heterocycles. The lowest BCUT2D eigenvalue weighted by Gasteiger charge is -2.28. The number of thioether (sulfide) groups is 1. The van der Waals surface area contributed by atoms with Gasteiger partial charge < -0.3 is 24.4 Å². The molecule has 1 aromatic rings. The minimum atomic E-state index is -1.55. The van der Waals surface area contributed by atoms with Gasteiger partial charge in [0.2, 0.25) is 0 Å². The molecule has 2 unspecified atom stereocenters. The molecular weight excluding hydrogens is 437 g/mol. The van der Waals surface area contributed by atoms with Gasteiger partial charge in [-0.3, -0.25) is 14.7 Å². The number of amides is 1. The summed E-state index contributed by atoms with van der Waals surface area (Å²) in [5.41, 5.74) is -3.58. The van der Waals surface area contributed by atoms with E-state index in [0.717, 1.165) is 28.9 Å².